The highest BCUT2D eigenvalue weighted by molar-refractivity contribution is 5.00. The summed E-state index contributed by atoms with van der Waals surface area (Å²) in [6.45, 7) is 0.741. The van der Waals surface area contributed by atoms with Crippen LogP contribution in [0.1, 0.15) is 19.3 Å². The van der Waals surface area contributed by atoms with Gasteiger partial charge in [0.15, 0.2) is 0 Å². The third-order valence-corrected chi connectivity index (χ3v) is 1.88. The van der Waals surface area contributed by atoms with Crippen molar-refractivity contribution < 1.29 is 0 Å². The van der Waals surface area contributed by atoms with Crippen molar-refractivity contribution in [2.75, 3.05) is 6.54 Å². The number of hydrogen-bond acceptors (Lipinski definition) is 1. The van der Waals surface area contributed by atoms with Gasteiger partial charge in [0.25, 0.3) is 0 Å². The summed E-state index contributed by atoms with van der Waals surface area (Å²) in [5.74, 6) is 4.08. The molecule has 0 amide bonds. The van der Waals surface area contributed by atoms with Gasteiger partial charge in [-0.3, -0.25) is 0 Å². The van der Waals surface area contributed by atoms with Crippen LogP contribution in [0.5, 0.6) is 0 Å². The molecular formula is C8H13N. The van der Waals surface area contributed by atoms with Crippen molar-refractivity contribution >= 4 is 0 Å². The van der Waals surface area contributed by atoms with Crippen molar-refractivity contribution in [2.24, 2.45) is 17.6 Å². The first kappa shape index (κ1) is 6.64. The lowest BCUT2D eigenvalue weighted by Gasteiger charge is -2.04. The van der Waals surface area contributed by atoms with E-state index in [0.29, 0.717) is 5.92 Å². The average molecular weight is 123 g/mol. The SMILES string of the molecule is C#CC(CCN)C1CC1. The first-order chi connectivity index (χ1) is 4.38. The van der Waals surface area contributed by atoms with Crippen molar-refractivity contribution in [2.45, 2.75) is 19.3 Å². The van der Waals surface area contributed by atoms with Crippen LogP contribution in [-0.4, -0.2) is 6.54 Å². The molecule has 0 aromatic rings. The predicted molar refractivity (Wildman–Crippen MR) is 38.7 cm³/mol. The molecule has 1 heteroatoms. The van der Waals surface area contributed by atoms with Gasteiger partial charge >= 0.3 is 0 Å². The Morgan fingerprint density at radius 1 is 1.67 bits per heavy atom. The van der Waals surface area contributed by atoms with Crippen LogP contribution in [0.4, 0.5) is 0 Å². The van der Waals surface area contributed by atoms with Gasteiger partial charge in [0.05, 0.1) is 0 Å². The standard InChI is InChI=1S/C8H13N/c1-2-7(5-6-9)8-3-4-8/h1,7-8H,3-6,9H2. The Kier molecular flexibility index (Phi) is 2.13. The maximum absolute atomic E-state index is 5.38. The van der Waals surface area contributed by atoms with Crippen LogP contribution >= 0.6 is 0 Å². The maximum Gasteiger partial charge on any atom is 0.0240 e. The summed E-state index contributed by atoms with van der Waals surface area (Å²) in [7, 11) is 0. The van der Waals surface area contributed by atoms with Gasteiger partial charge in [0.1, 0.15) is 0 Å². The molecule has 1 nitrogen and oxygen atoms in total. The van der Waals surface area contributed by atoms with E-state index < -0.39 is 0 Å². The molecule has 2 N–H and O–H groups in total. The van der Waals surface area contributed by atoms with E-state index in [-0.39, 0.29) is 0 Å². The Morgan fingerprint density at radius 3 is 2.67 bits per heavy atom. The van der Waals surface area contributed by atoms with Gasteiger partial charge < -0.3 is 5.73 Å². The summed E-state index contributed by atoms with van der Waals surface area (Å²) >= 11 is 0. The first-order valence-electron chi connectivity index (χ1n) is 3.54. The van der Waals surface area contributed by atoms with E-state index in [1.54, 1.807) is 0 Å². The minimum Gasteiger partial charge on any atom is -0.330 e. The zero-order valence-electron chi connectivity index (χ0n) is 5.64. The average Bonchev–Trinajstić information content (AvgIpc) is 2.64. The van der Waals surface area contributed by atoms with Crippen LogP contribution in [0, 0.1) is 24.2 Å². The molecule has 0 saturated heterocycles. The molecule has 1 aliphatic rings. The second-order valence-electron chi connectivity index (χ2n) is 2.69. The Hall–Kier alpha value is -0.480. The summed E-state index contributed by atoms with van der Waals surface area (Å²) in [6.07, 6.45) is 8.97. The molecule has 0 heterocycles. The highest BCUT2D eigenvalue weighted by atomic mass is 14.5. The zero-order valence-corrected chi connectivity index (χ0v) is 5.64. The number of hydrogen-bond donors (Lipinski definition) is 1. The minimum absolute atomic E-state index is 0.481. The fraction of sp³-hybridized carbons (Fsp3) is 0.750. The summed E-state index contributed by atoms with van der Waals surface area (Å²) in [4.78, 5) is 0. The second-order valence-corrected chi connectivity index (χ2v) is 2.69. The van der Waals surface area contributed by atoms with Crippen LogP contribution in [0.2, 0.25) is 0 Å². The van der Waals surface area contributed by atoms with Crippen molar-refractivity contribution in [3.05, 3.63) is 0 Å². The third kappa shape index (κ3) is 1.73. The second kappa shape index (κ2) is 2.89. The van der Waals surface area contributed by atoms with Crippen LogP contribution in [0.3, 0.4) is 0 Å². The summed E-state index contributed by atoms with van der Waals surface area (Å²) in [6, 6.07) is 0. The lowest BCUT2D eigenvalue weighted by atomic mass is 10.0. The van der Waals surface area contributed by atoms with Gasteiger partial charge in [-0.15, -0.1) is 12.3 Å². The predicted octanol–water partition coefficient (Wildman–Crippen LogP) is 0.995. The Morgan fingerprint density at radius 2 is 2.33 bits per heavy atom. The highest BCUT2D eigenvalue weighted by Gasteiger charge is 2.28. The summed E-state index contributed by atoms with van der Waals surface area (Å²) < 4.78 is 0. The largest absolute Gasteiger partial charge is 0.330 e. The Labute approximate surface area is 56.6 Å². The first-order valence-corrected chi connectivity index (χ1v) is 3.54. The van der Waals surface area contributed by atoms with Crippen LogP contribution in [0.25, 0.3) is 0 Å². The van der Waals surface area contributed by atoms with Gasteiger partial charge in [-0.25, -0.2) is 0 Å². The van der Waals surface area contributed by atoms with Gasteiger partial charge in [-0.1, -0.05) is 0 Å². The van der Waals surface area contributed by atoms with Crippen molar-refractivity contribution in [1.82, 2.24) is 0 Å². The van der Waals surface area contributed by atoms with Gasteiger partial charge in [0, 0.05) is 5.92 Å². The molecule has 0 bridgehead atoms. The molecule has 0 spiro atoms. The molecule has 1 aliphatic carbocycles. The van der Waals surface area contributed by atoms with E-state index in [9.17, 15) is 0 Å². The van der Waals surface area contributed by atoms with E-state index in [2.05, 4.69) is 5.92 Å². The number of rotatable bonds is 3. The summed E-state index contributed by atoms with van der Waals surface area (Å²) in [5.41, 5.74) is 5.38. The van der Waals surface area contributed by atoms with E-state index in [0.717, 1.165) is 18.9 Å². The fourth-order valence-electron chi connectivity index (χ4n) is 1.13. The summed E-state index contributed by atoms with van der Waals surface area (Å²) in [5, 5.41) is 0. The molecule has 1 rings (SSSR count). The van der Waals surface area contributed by atoms with E-state index in [1.807, 2.05) is 0 Å². The number of terminal acetylenes is 1. The monoisotopic (exact) mass is 123 g/mol. The van der Waals surface area contributed by atoms with E-state index in [4.69, 9.17) is 12.2 Å². The molecular weight excluding hydrogens is 110 g/mol. The van der Waals surface area contributed by atoms with Crippen molar-refractivity contribution in [1.29, 1.82) is 0 Å². The van der Waals surface area contributed by atoms with Crippen LogP contribution in [0.15, 0.2) is 0 Å². The fourth-order valence-corrected chi connectivity index (χ4v) is 1.13. The topological polar surface area (TPSA) is 26.0 Å². The van der Waals surface area contributed by atoms with Crippen LogP contribution < -0.4 is 5.73 Å². The van der Waals surface area contributed by atoms with Gasteiger partial charge in [0.2, 0.25) is 0 Å². The Bertz CT molecular complexity index is 119. The molecule has 50 valence electrons. The molecule has 0 aromatic carbocycles. The molecule has 0 aliphatic heterocycles. The lowest BCUT2D eigenvalue weighted by Crippen LogP contribution is -2.08. The van der Waals surface area contributed by atoms with Crippen LogP contribution in [-0.2, 0) is 0 Å². The lowest BCUT2D eigenvalue weighted by molar-refractivity contribution is 0.550. The quantitative estimate of drug-likeness (QED) is 0.556. The smallest absolute Gasteiger partial charge is 0.0240 e. The normalized spacial score (nSPS) is 20.9. The molecule has 0 aromatic heterocycles. The molecule has 1 saturated carbocycles. The van der Waals surface area contributed by atoms with Crippen molar-refractivity contribution in [3.63, 3.8) is 0 Å². The van der Waals surface area contributed by atoms with E-state index >= 15 is 0 Å². The molecule has 1 fully saturated rings. The van der Waals surface area contributed by atoms with Crippen molar-refractivity contribution in [3.8, 4) is 12.3 Å². The highest BCUT2D eigenvalue weighted by Crippen LogP contribution is 2.37. The Balaban J connectivity index is 2.23. The van der Waals surface area contributed by atoms with Gasteiger partial charge in [-0.2, -0.15) is 0 Å². The third-order valence-electron chi connectivity index (χ3n) is 1.88. The minimum atomic E-state index is 0.481. The zero-order chi connectivity index (χ0) is 6.69. The van der Waals surface area contributed by atoms with E-state index in [1.165, 1.54) is 12.8 Å². The molecule has 0 radical (unpaired) electrons. The molecule has 1 unspecified atom stereocenters. The maximum atomic E-state index is 5.38. The van der Waals surface area contributed by atoms with Gasteiger partial charge in [-0.05, 0) is 31.7 Å². The number of nitrogens with two attached hydrogens (primary N) is 1. The molecule has 9 heavy (non-hydrogen) atoms. The molecule has 1 atom stereocenters.